The van der Waals surface area contributed by atoms with Crippen LogP contribution in [0.5, 0.6) is 0 Å². The minimum absolute atomic E-state index is 0.222. The van der Waals surface area contributed by atoms with E-state index in [2.05, 4.69) is 4.90 Å². The van der Waals surface area contributed by atoms with Gasteiger partial charge in [-0.3, -0.25) is 9.69 Å². The van der Waals surface area contributed by atoms with Gasteiger partial charge in [0.1, 0.15) is 5.78 Å². The van der Waals surface area contributed by atoms with Crippen molar-refractivity contribution in [3.8, 4) is 0 Å². The molecule has 1 aliphatic heterocycles. The Bertz CT molecular complexity index is 141. The molecular weight excluding hydrogens is 142 g/mol. The van der Waals surface area contributed by atoms with Gasteiger partial charge in [0.15, 0.2) is 0 Å². The molecule has 0 unspecified atom stereocenters. The monoisotopic (exact) mass is 157 g/mol. The number of nitrogens with zero attached hydrogens (tertiary/aromatic N) is 1. The van der Waals surface area contributed by atoms with Gasteiger partial charge in [-0.15, -0.1) is 0 Å². The van der Waals surface area contributed by atoms with E-state index in [9.17, 15) is 4.79 Å². The van der Waals surface area contributed by atoms with Crippen molar-refractivity contribution >= 4 is 5.78 Å². The van der Waals surface area contributed by atoms with E-state index in [0.29, 0.717) is 12.6 Å². The minimum atomic E-state index is 0.222. The third kappa shape index (κ3) is 2.60. The molecule has 1 fully saturated rings. The Hall–Kier alpha value is -0.410. The molecule has 11 heavy (non-hydrogen) atoms. The molecule has 0 spiro atoms. The normalized spacial score (nSPS) is 24.5. The molecule has 1 heterocycles. The number of likely N-dealkylation sites (N-methyl/N-ethyl adjacent to an activating group) is 1. The molecule has 1 aliphatic rings. The fraction of sp³-hybridized carbons (Fsp3) is 0.875. The van der Waals surface area contributed by atoms with Crippen LogP contribution in [0, 0.1) is 0 Å². The third-order valence-electron chi connectivity index (χ3n) is 2.00. The van der Waals surface area contributed by atoms with E-state index in [1.54, 1.807) is 6.92 Å². The molecule has 3 heteroatoms. The predicted octanol–water partition coefficient (Wildman–Crippen LogP) is 0.296. The Labute approximate surface area is 67.3 Å². The van der Waals surface area contributed by atoms with Crippen molar-refractivity contribution in [2.24, 2.45) is 0 Å². The highest BCUT2D eigenvalue weighted by atomic mass is 16.5. The smallest absolute Gasteiger partial charge is 0.143 e. The highest BCUT2D eigenvalue weighted by molar-refractivity contribution is 5.77. The van der Waals surface area contributed by atoms with Gasteiger partial charge in [-0.05, 0) is 20.4 Å². The van der Waals surface area contributed by atoms with Crippen molar-refractivity contribution in [2.45, 2.75) is 19.4 Å². The van der Waals surface area contributed by atoms with Gasteiger partial charge in [-0.1, -0.05) is 0 Å². The van der Waals surface area contributed by atoms with Crippen LogP contribution in [-0.4, -0.2) is 43.5 Å². The van der Waals surface area contributed by atoms with E-state index in [1.165, 1.54) is 0 Å². The number of Topliss-reactive ketones (excluding diaryl/α,β-unsaturated/α-hetero) is 1. The topological polar surface area (TPSA) is 29.5 Å². The van der Waals surface area contributed by atoms with Crippen LogP contribution >= 0.6 is 0 Å². The first-order chi connectivity index (χ1) is 5.20. The summed E-state index contributed by atoms with van der Waals surface area (Å²) in [4.78, 5) is 12.8. The molecular formula is C8H15NO2. The summed E-state index contributed by atoms with van der Waals surface area (Å²) >= 11 is 0. The van der Waals surface area contributed by atoms with Gasteiger partial charge < -0.3 is 4.74 Å². The zero-order valence-corrected chi connectivity index (χ0v) is 7.17. The van der Waals surface area contributed by atoms with Gasteiger partial charge in [-0.25, -0.2) is 0 Å². The third-order valence-corrected chi connectivity index (χ3v) is 2.00. The van der Waals surface area contributed by atoms with E-state index >= 15 is 0 Å². The Balaban J connectivity index is 2.28. The molecule has 0 aliphatic carbocycles. The maximum atomic E-state index is 10.7. The Kier molecular flexibility index (Phi) is 3.02. The number of ketones is 1. The predicted molar refractivity (Wildman–Crippen MR) is 42.5 cm³/mol. The number of ether oxygens (including phenoxy) is 1. The average Bonchev–Trinajstić information content (AvgIpc) is 2.35. The van der Waals surface area contributed by atoms with E-state index < -0.39 is 0 Å². The van der Waals surface area contributed by atoms with E-state index in [-0.39, 0.29) is 5.78 Å². The van der Waals surface area contributed by atoms with E-state index in [1.807, 2.05) is 7.05 Å². The zero-order valence-electron chi connectivity index (χ0n) is 7.17. The first kappa shape index (κ1) is 8.68. The molecule has 0 saturated carbocycles. The summed E-state index contributed by atoms with van der Waals surface area (Å²) in [5.41, 5.74) is 0. The highest BCUT2D eigenvalue weighted by Crippen LogP contribution is 2.09. The van der Waals surface area contributed by atoms with Crippen LogP contribution < -0.4 is 0 Å². The van der Waals surface area contributed by atoms with Crippen LogP contribution in [0.4, 0.5) is 0 Å². The number of carbonyl (C=O) groups excluding carboxylic acids is 1. The number of hydrogen-bond donors (Lipinski definition) is 0. The lowest BCUT2D eigenvalue weighted by Crippen LogP contribution is -2.35. The van der Waals surface area contributed by atoms with Gasteiger partial charge in [0.25, 0.3) is 0 Å². The van der Waals surface area contributed by atoms with E-state index in [4.69, 9.17) is 4.74 Å². The van der Waals surface area contributed by atoms with Crippen molar-refractivity contribution in [3.63, 3.8) is 0 Å². The van der Waals surface area contributed by atoms with Gasteiger partial charge in [-0.2, -0.15) is 0 Å². The molecule has 0 aromatic carbocycles. The molecule has 3 nitrogen and oxygen atoms in total. The Morgan fingerprint density at radius 2 is 2.45 bits per heavy atom. The first-order valence-electron chi connectivity index (χ1n) is 3.97. The number of rotatable bonds is 3. The summed E-state index contributed by atoms with van der Waals surface area (Å²) in [5, 5.41) is 0. The molecule has 0 bridgehead atoms. The lowest BCUT2D eigenvalue weighted by atomic mass is 10.2. The number of hydrogen-bond acceptors (Lipinski definition) is 3. The molecule has 1 saturated heterocycles. The second-order valence-corrected chi connectivity index (χ2v) is 3.13. The largest absolute Gasteiger partial charge is 0.380 e. The molecule has 0 amide bonds. The first-order valence-corrected chi connectivity index (χ1v) is 3.97. The fourth-order valence-electron chi connectivity index (χ4n) is 1.35. The molecule has 0 aromatic rings. The molecule has 1 rings (SSSR count). The van der Waals surface area contributed by atoms with Crippen LogP contribution in [0.25, 0.3) is 0 Å². The molecule has 0 radical (unpaired) electrons. The second kappa shape index (κ2) is 3.83. The van der Waals surface area contributed by atoms with Crippen molar-refractivity contribution in [1.29, 1.82) is 0 Å². The summed E-state index contributed by atoms with van der Waals surface area (Å²) in [5.74, 6) is 0.222. The summed E-state index contributed by atoms with van der Waals surface area (Å²) in [6.07, 6.45) is 1.06. The SMILES string of the molecule is CC(=O)CN(C)[C@@H]1CCOC1. The summed E-state index contributed by atoms with van der Waals surface area (Å²) in [6, 6.07) is 0.457. The number of carbonyl (C=O) groups is 1. The maximum Gasteiger partial charge on any atom is 0.143 e. The van der Waals surface area contributed by atoms with E-state index in [0.717, 1.165) is 19.6 Å². The van der Waals surface area contributed by atoms with Gasteiger partial charge in [0, 0.05) is 12.6 Å². The van der Waals surface area contributed by atoms with Crippen LogP contribution in [0.3, 0.4) is 0 Å². The zero-order chi connectivity index (χ0) is 8.27. The average molecular weight is 157 g/mol. The van der Waals surface area contributed by atoms with Crippen molar-refractivity contribution < 1.29 is 9.53 Å². The van der Waals surface area contributed by atoms with Crippen molar-refractivity contribution in [2.75, 3.05) is 26.8 Å². The van der Waals surface area contributed by atoms with Crippen LogP contribution in [0.15, 0.2) is 0 Å². The second-order valence-electron chi connectivity index (χ2n) is 3.13. The fourth-order valence-corrected chi connectivity index (χ4v) is 1.35. The molecule has 64 valence electrons. The summed E-state index contributed by atoms with van der Waals surface area (Å²) < 4.78 is 5.21. The maximum absolute atomic E-state index is 10.7. The standard InChI is InChI=1S/C8H15NO2/c1-7(10)5-9(2)8-3-4-11-6-8/h8H,3-6H2,1-2H3/t8-/m1/s1. The Morgan fingerprint density at radius 1 is 1.73 bits per heavy atom. The van der Waals surface area contributed by atoms with Crippen LogP contribution in [-0.2, 0) is 9.53 Å². The van der Waals surface area contributed by atoms with Gasteiger partial charge >= 0.3 is 0 Å². The molecule has 0 aromatic heterocycles. The Morgan fingerprint density at radius 3 is 2.91 bits per heavy atom. The van der Waals surface area contributed by atoms with Crippen LogP contribution in [0.2, 0.25) is 0 Å². The minimum Gasteiger partial charge on any atom is -0.380 e. The molecule has 1 atom stereocenters. The highest BCUT2D eigenvalue weighted by Gasteiger charge is 2.20. The summed E-state index contributed by atoms with van der Waals surface area (Å²) in [7, 11) is 1.97. The van der Waals surface area contributed by atoms with Crippen molar-refractivity contribution in [3.05, 3.63) is 0 Å². The lowest BCUT2D eigenvalue weighted by Gasteiger charge is -2.20. The lowest BCUT2D eigenvalue weighted by molar-refractivity contribution is -0.118. The summed E-state index contributed by atoms with van der Waals surface area (Å²) in [6.45, 7) is 3.79. The van der Waals surface area contributed by atoms with Gasteiger partial charge in [0.2, 0.25) is 0 Å². The molecule has 0 N–H and O–H groups in total. The quantitative estimate of drug-likeness (QED) is 0.590. The van der Waals surface area contributed by atoms with Crippen LogP contribution in [0.1, 0.15) is 13.3 Å². The van der Waals surface area contributed by atoms with Crippen molar-refractivity contribution in [1.82, 2.24) is 4.90 Å². The van der Waals surface area contributed by atoms with Gasteiger partial charge in [0.05, 0.1) is 13.2 Å².